The highest BCUT2D eigenvalue weighted by Crippen LogP contribution is 2.30. The molecule has 0 aromatic heterocycles. The van der Waals surface area contributed by atoms with E-state index in [9.17, 15) is 33.4 Å². The molecule has 1 atom stereocenters. The van der Waals surface area contributed by atoms with Gasteiger partial charge in [-0.1, -0.05) is 23.7 Å². The molecule has 2 aromatic carbocycles. The number of hydrogen-bond donors (Lipinski definition) is 2. The van der Waals surface area contributed by atoms with Gasteiger partial charge < -0.3 is 0 Å². The van der Waals surface area contributed by atoms with E-state index in [0.29, 0.717) is 5.56 Å². The molecule has 160 valence electrons. The molecule has 0 saturated heterocycles. The number of nitrogens with zero attached hydrogens (tertiary/aromatic N) is 3. The van der Waals surface area contributed by atoms with E-state index < -0.39 is 47.4 Å². The topological polar surface area (TPSA) is 173 Å². The van der Waals surface area contributed by atoms with Crippen molar-refractivity contribution < 1.29 is 28.3 Å². The Balaban J connectivity index is 2.50. The van der Waals surface area contributed by atoms with Crippen molar-refractivity contribution in [3.63, 3.8) is 0 Å². The fraction of sp³-hybridized carbons (Fsp3) is 0.188. The van der Waals surface area contributed by atoms with Gasteiger partial charge >= 0.3 is 0 Å². The fourth-order valence-corrected chi connectivity index (χ4v) is 4.41. The van der Waals surface area contributed by atoms with Crippen LogP contribution in [-0.4, -0.2) is 39.7 Å². The Labute approximate surface area is 175 Å². The van der Waals surface area contributed by atoms with Crippen LogP contribution in [0.15, 0.2) is 47.4 Å². The smallest absolute Gasteiger partial charge is 0.287 e. The summed E-state index contributed by atoms with van der Waals surface area (Å²) in [6.07, 6.45) is 0. The molecule has 2 N–H and O–H groups in total. The van der Waals surface area contributed by atoms with Crippen LogP contribution in [-0.2, 0) is 21.4 Å². The second-order valence-corrected chi connectivity index (χ2v) is 8.29. The van der Waals surface area contributed by atoms with Gasteiger partial charge in [0.1, 0.15) is 11.1 Å². The number of hydroxylamine groups is 1. The molecule has 14 heteroatoms. The van der Waals surface area contributed by atoms with Crippen LogP contribution in [0.25, 0.3) is 0 Å². The summed E-state index contributed by atoms with van der Waals surface area (Å²) in [6, 6.07) is 6.31. The van der Waals surface area contributed by atoms with Crippen molar-refractivity contribution >= 4 is 38.9 Å². The summed E-state index contributed by atoms with van der Waals surface area (Å²) in [5.74, 6) is -1.03. The molecule has 0 heterocycles. The Morgan fingerprint density at radius 1 is 1.17 bits per heavy atom. The van der Waals surface area contributed by atoms with Gasteiger partial charge in [0.15, 0.2) is 0 Å². The number of non-ortho nitro benzene ring substituents is 1. The molecule has 0 saturated carbocycles. The highest BCUT2D eigenvalue weighted by molar-refractivity contribution is 7.89. The van der Waals surface area contributed by atoms with Gasteiger partial charge in [0.25, 0.3) is 17.3 Å². The molecule has 0 aliphatic heterocycles. The quantitative estimate of drug-likeness (QED) is 0.344. The Morgan fingerprint density at radius 2 is 1.77 bits per heavy atom. The van der Waals surface area contributed by atoms with Crippen molar-refractivity contribution in [3.05, 3.63) is 73.3 Å². The zero-order chi connectivity index (χ0) is 22.6. The van der Waals surface area contributed by atoms with Gasteiger partial charge in [0.2, 0.25) is 10.0 Å². The number of halogens is 1. The van der Waals surface area contributed by atoms with Gasteiger partial charge in [0.05, 0.1) is 14.7 Å². The first-order valence-corrected chi connectivity index (χ1v) is 9.94. The molecule has 0 unspecified atom stereocenters. The van der Waals surface area contributed by atoms with Crippen LogP contribution in [0.1, 0.15) is 12.5 Å². The van der Waals surface area contributed by atoms with Crippen molar-refractivity contribution in [2.24, 2.45) is 0 Å². The molecule has 1 amide bonds. The predicted molar refractivity (Wildman–Crippen MR) is 103 cm³/mol. The number of sulfonamides is 1. The standard InChI is InChI=1S/C16H15ClN4O8S/c1-10(16(22)18-23)19(9-11-2-4-12(5-3-11)20(24)25)30(28,29)13-6-7-15(21(26)27)14(17)8-13/h2-8,10,23H,9H2,1H3,(H,18,22)/t10-/m0/s1. The van der Waals surface area contributed by atoms with Gasteiger partial charge in [-0.2, -0.15) is 4.31 Å². The predicted octanol–water partition coefficient (Wildman–Crippen LogP) is 2.24. The number of carbonyl (C=O) groups is 1. The van der Waals surface area contributed by atoms with Crippen LogP contribution < -0.4 is 5.48 Å². The van der Waals surface area contributed by atoms with E-state index in [1.165, 1.54) is 36.7 Å². The van der Waals surface area contributed by atoms with Gasteiger partial charge in [-0.15, -0.1) is 0 Å². The van der Waals surface area contributed by atoms with Crippen LogP contribution in [0.3, 0.4) is 0 Å². The normalized spacial score (nSPS) is 12.4. The van der Waals surface area contributed by atoms with E-state index in [0.717, 1.165) is 22.5 Å². The summed E-state index contributed by atoms with van der Waals surface area (Å²) in [6.45, 7) is 0.824. The number of nitro benzene ring substituents is 2. The zero-order valence-corrected chi connectivity index (χ0v) is 16.8. The van der Waals surface area contributed by atoms with Crippen LogP contribution >= 0.6 is 11.6 Å². The Bertz CT molecular complexity index is 1090. The van der Waals surface area contributed by atoms with E-state index in [2.05, 4.69) is 0 Å². The minimum absolute atomic E-state index is 0.212. The molecule has 0 aliphatic rings. The summed E-state index contributed by atoms with van der Waals surface area (Å²) in [5, 5.41) is 30.2. The Kier molecular flexibility index (Phi) is 7.04. The average Bonchev–Trinajstić information content (AvgIpc) is 2.70. The highest BCUT2D eigenvalue weighted by Gasteiger charge is 2.34. The number of amides is 1. The minimum atomic E-state index is -4.42. The molecule has 30 heavy (non-hydrogen) atoms. The van der Waals surface area contributed by atoms with E-state index in [4.69, 9.17) is 16.8 Å². The highest BCUT2D eigenvalue weighted by atomic mass is 35.5. The lowest BCUT2D eigenvalue weighted by atomic mass is 10.2. The molecular formula is C16H15ClN4O8S. The summed E-state index contributed by atoms with van der Waals surface area (Å²) in [4.78, 5) is 31.8. The summed E-state index contributed by atoms with van der Waals surface area (Å²) in [7, 11) is -4.42. The molecule has 2 rings (SSSR count). The number of rotatable bonds is 8. The van der Waals surface area contributed by atoms with Gasteiger partial charge in [-0.05, 0) is 24.6 Å². The summed E-state index contributed by atoms with van der Waals surface area (Å²) in [5.41, 5.74) is 0.966. The first-order valence-electron chi connectivity index (χ1n) is 8.12. The first kappa shape index (κ1) is 23.2. The largest absolute Gasteiger partial charge is 0.289 e. The molecular weight excluding hydrogens is 444 g/mol. The Morgan fingerprint density at radius 3 is 2.23 bits per heavy atom. The number of hydrogen-bond acceptors (Lipinski definition) is 8. The molecule has 0 aliphatic carbocycles. The maximum Gasteiger partial charge on any atom is 0.287 e. The van der Waals surface area contributed by atoms with Gasteiger partial charge in [-0.25, -0.2) is 13.9 Å². The lowest BCUT2D eigenvalue weighted by Gasteiger charge is -2.27. The van der Waals surface area contributed by atoms with Crippen LogP contribution in [0.5, 0.6) is 0 Å². The van der Waals surface area contributed by atoms with Crippen LogP contribution in [0.2, 0.25) is 5.02 Å². The number of benzene rings is 2. The number of carbonyl (C=O) groups excluding carboxylic acids is 1. The lowest BCUT2D eigenvalue weighted by molar-refractivity contribution is -0.385. The summed E-state index contributed by atoms with van der Waals surface area (Å²) < 4.78 is 27.0. The maximum atomic E-state index is 13.1. The summed E-state index contributed by atoms with van der Waals surface area (Å²) >= 11 is 5.80. The SMILES string of the molecule is C[C@@H](C(=O)NO)N(Cc1ccc([N+](=O)[O-])cc1)S(=O)(=O)c1ccc([N+](=O)[O-])c(Cl)c1. The van der Waals surface area contributed by atoms with Gasteiger partial charge in [0, 0.05) is 24.7 Å². The average molecular weight is 459 g/mol. The second kappa shape index (κ2) is 9.13. The number of nitrogens with one attached hydrogen (secondary N) is 1. The monoisotopic (exact) mass is 458 g/mol. The van der Waals surface area contributed by atoms with Crippen molar-refractivity contribution in [2.75, 3.05) is 0 Å². The van der Waals surface area contributed by atoms with Crippen molar-refractivity contribution in [1.29, 1.82) is 0 Å². The third kappa shape index (κ3) is 4.88. The van der Waals surface area contributed by atoms with Crippen LogP contribution in [0.4, 0.5) is 11.4 Å². The van der Waals surface area contributed by atoms with E-state index in [1.54, 1.807) is 0 Å². The Hall–Kier alpha value is -3.13. The molecule has 2 aromatic rings. The lowest BCUT2D eigenvalue weighted by Crippen LogP contribution is -2.46. The second-order valence-electron chi connectivity index (χ2n) is 6.00. The van der Waals surface area contributed by atoms with Crippen LogP contribution in [0, 0.1) is 20.2 Å². The minimum Gasteiger partial charge on any atom is -0.289 e. The van der Waals surface area contributed by atoms with E-state index >= 15 is 0 Å². The van der Waals surface area contributed by atoms with Crippen molar-refractivity contribution in [3.8, 4) is 0 Å². The third-order valence-corrected chi connectivity index (χ3v) is 6.34. The fourth-order valence-electron chi connectivity index (χ4n) is 2.49. The van der Waals surface area contributed by atoms with E-state index in [1.807, 2.05) is 0 Å². The molecule has 12 nitrogen and oxygen atoms in total. The molecule has 0 bridgehead atoms. The molecule has 0 fully saturated rings. The first-order chi connectivity index (χ1) is 14.0. The zero-order valence-electron chi connectivity index (χ0n) is 15.3. The molecule has 0 radical (unpaired) electrons. The van der Waals surface area contributed by atoms with Gasteiger partial charge in [-0.3, -0.25) is 30.2 Å². The number of nitro groups is 2. The van der Waals surface area contributed by atoms with Crippen molar-refractivity contribution in [2.45, 2.75) is 24.4 Å². The third-order valence-electron chi connectivity index (χ3n) is 4.13. The van der Waals surface area contributed by atoms with Crippen molar-refractivity contribution in [1.82, 2.24) is 9.79 Å². The maximum absolute atomic E-state index is 13.1. The van der Waals surface area contributed by atoms with E-state index in [-0.39, 0.29) is 12.2 Å². The molecule has 0 spiro atoms.